The SMILES string of the molecule is C#C.C=C(N=C/C(=C\CC)NNCC(F)(F)F)c1c(C#N)c2cc(OC)cnc2n1CC1CC1. The third-order valence-corrected chi connectivity index (χ3v) is 4.94. The molecule has 3 rings (SSSR count). The van der Waals surface area contributed by atoms with E-state index in [0.29, 0.717) is 58.3 Å². The van der Waals surface area contributed by atoms with Crippen LogP contribution in [0.5, 0.6) is 5.75 Å². The summed E-state index contributed by atoms with van der Waals surface area (Å²) < 4.78 is 44.4. The van der Waals surface area contributed by atoms with Crippen LogP contribution in [0.25, 0.3) is 16.7 Å². The van der Waals surface area contributed by atoms with Gasteiger partial charge in [0, 0.05) is 11.9 Å². The van der Waals surface area contributed by atoms with Crippen LogP contribution in [0.15, 0.2) is 35.6 Å². The standard InChI is InChI=1S/C22H25F3N6O.C2H2/c1-4-5-16(30-29-13-22(23,24)25)10-27-14(2)20-19(9-26)18-8-17(32-3)11-28-21(18)31(20)12-15-6-7-15;1-2/h5,8,10-11,15,29-30H,2,4,6-7,12-13H2,1,3H3;1-2H/b16-5+,27-10?;. The Kier molecular flexibility index (Phi) is 9.28. The van der Waals surface area contributed by atoms with E-state index in [-0.39, 0.29) is 0 Å². The van der Waals surface area contributed by atoms with Crippen LogP contribution < -0.4 is 15.6 Å². The number of terminal acetylenes is 1. The summed E-state index contributed by atoms with van der Waals surface area (Å²) in [6.45, 7) is 5.38. The Hall–Kier alpha value is -3.76. The summed E-state index contributed by atoms with van der Waals surface area (Å²) in [6, 6.07) is 3.99. The van der Waals surface area contributed by atoms with Crippen molar-refractivity contribution in [3.05, 3.63) is 41.9 Å². The number of aromatic nitrogens is 2. The largest absolute Gasteiger partial charge is 0.495 e. The van der Waals surface area contributed by atoms with Crippen LogP contribution >= 0.6 is 0 Å². The molecule has 1 aliphatic rings. The first kappa shape index (κ1) is 26.5. The molecule has 0 atom stereocenters. The highest BCUT2D eigenvalue weighted by Gasteiger charge is 2.28. The molecule has 0 amide bonds. The van der Waals surface area contributed by atoms with Crippen LogP contribution in [0.4, 0.5) is 13.2 Å². The number of methoxy groups -OCH3 is 1. The van der Waals surface area contributed by atoms with Crippen molar-refractivity contribution >= 4 is 22.9 Å². The summed E-state index contributed by atoms with van der Waals surface area (Å²) in [7, 11) is 1.53. The maximum Gasteiger partial charge on any atom is 0.402 e. The van der Waals surface area contributed by atoms with Crippen molar-refractivity contribution in [2.45, 2.75) is 38.9 Å². The number of hydrogen-bond donors (Lipinski definition) is 2. The highest BCUT2D eigenvalue weighted by atomic mass is 19.4. The molecule has 2 N–H and O–H groups in total. The predicted molar refractivity (Wildman–Crippen MR) is 127 cm³/mol. The number of alkyl halides is 3. The third kappa shape index (κ3) is 6.87. The molecule has 0 aliphatic heterocycles. The Morgan fingerprint density at radius 3 is 2.71 bits per heavy atom. The van der Waals surface area contributed by atoms with Gasteiger partial charge in [-0.15, -0.1) is 12.8 Å². The molecule has 1 saturated carbocycles. The molecule has 34 heavy (non-hydrogen) atoms. The number of pyridine rings is 1. The zero-order valence-electron chi connectivity index (χ0n) is 19.1. The minimum absolute atomic E-state index is 0.318. The lowest BCUT2D eigenvalue weighted by molar-refractivity contribution is -0.126. The Bertz CT molecular complexity index is 1130. The normalized spacial score (nSPS) is 13.9. The van der Waals surface area contributed by atoms with E-state index in [1.165, 1.54) is 13.3 Å². The number of allylic oxidation sites excluding steroid dienone is 2. The van der Waals surface area contributed by atoms with Crippen LogP contribution in [0.3, 0.4) is 0 Å². The average Bonchev–Trinajstić information content (AvgIpc) is 3.58. The number of nitrogens with one attached hydrogen (secondary N) is 2. The van der Waals surface area contributed by atoms with E-state index in [1.54, 1.807) is 18.3 Å². The minimum atomic E-state index is -4.34. The van der Waals surface area contributed by atoms with Crippen LogP contribution in [0.2, 0.25) is 0 Å². The molecule has 2 heterocycles. The number of fused-ring (bicyclic) bond motifs is 1. The second-order valence-corrected chi connectivity index (χ2v) is 7.50. The quantitative estimate of drug-likeness (QED) is 0.301. The van der Waals surface area contributed by atoms with Crippen molar-refractivity contribution in [3.8, 4) is 24.7 Å². The van der Waals surface area contributed by atoms with Gasteiger partial charge in [0.1, 0.15) is 24.0 Å². The fraction of sp³-hybridized carbons (Fsp3) is 0.375. The summed E-state index contributed by atoms with van der Waals surface area (Å²) in [5.41, 5.74) is 6.90. The van der Waals surface area contributed by atoms with Crippen molar-refractivity contribution in [3.63, 3.8) is 0 Å². The first-order valence-corrected chi connectivity index (χ1v) is 10.6. The van der Waals surface area contributed by atoms with Gasteiger partial charge in [0.2, 0.25) is 0 Å². The van der Waals surface area contributed by atoms with Gasteiger partial charge >= 0.3 is 6.18 Å². The fourth-order valence-electron chi connectivity index (χ4n) is 3.28. The van der Waals surface area contributed by atoms with Crippen molar-refractivity contribution < 1.29 is 17.9 Å². The third-order valence-electron chi connectivity index (χ3n) is 4.94. The molecule has 180 valence electrons. The zero-order chi connectivity index (χ0) is 25.3. The summed E-state index contributed by atoms with van der Waals surface area (Å²) in [5, 5.41) is 10.5. The van der Waals surface area contributed by atoms with E-state index in [1.807, 2.05) is 11.5 Å². The molecule has 0 bridgehead atoms. The molecule has 10 heteroatoms. The van der Waals surface area contributed by atoms with Crippen LogP contribution in [-0.4, -0.2) is 35.6 Å². The number of ether oxygens (including phenoxy) is 1. The zero-order valence-corrected chi connectivity index (χ0v) is 19.1. The molecule has 7 nitrogen and oxygen atoms in total. The molecular formula is C24H27F3N6O. The van der Waals surface area contributed by atoms with Gasteiger partial charge < -0.3 is 14.7 Å². The van der Waals surface area contributed by atoms with Crippen LogP contribution in [0.1, 0.15) is 37.4 Å². The molecule has 0 radical (unpaired) electrons. The van der Waals surface area contributed by atoms with E-state index >= 15 is 0 Å². The van der Waals surface area contributed by atoms with Gasteiger partial charge in [-0.2, -0.15) is 18.4 Å². The fourth-order valence-corrected chi connectivity index (χ4v) is 3.28. The van der Waals surface area contributed by atoms with Gasteiger partial charge in [0.25, 0.3) is 0 Å². The molecule has 1 aliphatic carbocycles. The van der Waals surface area contributed by atoms with E-state index in [0.717, 1.165) is 12.8 Å². The van der Waals surface area contributed by atoms with Gasteiger partial charge in [-0.1, -0.05) is 19.6 Å². The maximum absolute atomic E-state index is 12.4. The number of nitriles is 1. The van der Waals surface area contributed by atoms with Gasteiger partial charge in [-0.3, -0.25) is 4.99 Å². The van der Waals surface area contributed by atoms with Gasteiger partial charge in [-0.05, 0) is 31.2 Å². The van der Waals surface area contributed by atoms with E-state index < -0.39 is 12.7 Å². The number of rotatable bonds is 10. The average molecular weight is 473 g/mol. The van der Waals surface area contributed by atoms with Crippen LogP contribution in [0, 0.1) is 30.1 Å². The maximum atomic E-state index is 12.4. The number of hydrogen-bond acceptors (Lipinski definition) is 6. The van der Waals surface area contributed by atoms with E-state index in [2.05, 4.69) is 46.3 Å². The van der Waals surface area contributed by atoms with Crippen molar-refractivity contribution in [2.75, 3.05) is 13.7 Å². The monoisotopic (exact) mass is 472 g/mol. The lowest BCUT2D eigenvalue weighted by Gasteiger charge is -2.12. The molecule has 0 spiro atoms. The van der Waals surface area contributed by atoms with E-state index in [4.69, 9.17) is 4.74 Å². The summed E-state index contributed by atoms with van der Waals surface area (Å²) in [5.74, 6) is 1.03. The van der Waals surface area contributed by atoms with E-state index in [9.17, 15) is 18.4 Å². The number of hydrazine groups is 1. The van der Waals surface area contributed by atoms with Gasteiger partial charge in [0.15, 0.2) is 0 Å². The van der Waals surface area contributed by atoms with Gasteiger partial charge in [0.05, 0.1) is 42.2 Å². The topological polar surface area (TPSA) is 87.3 Å². The van der Waals surface area contributed by atoms with Crippen LogP contribution in [-0.2, 0) is 6.54 Å². The molecule has 1 fully saturated rings. The molecular weight excluding hydrogens is 445 g/mol. The number of halogens is 3. The molecule has 2 aromatic heterocycles. The smallest absolute Gasteiger partial charge is 0.402 e. The summed E-state index contributed by atoms with van der Waals surface area (Å²) in [4.78, 5) is 8.85. The highest BCUT2D eigenvalue weighted by Crippen LogP contribution is 2.37. The molecule has 2 aromatic rings. The first-order chi connectivity index (χ1) is 16.3. The first-order valence-electron chi connectivity index (χ1n) is 10.6. The molecule has 0 unspecified atom stereocenters. The summed E-state index contributed by atoms with van der Waals surface area (Å²) in [6.07, 6.45) is 11.1. The predicted octanol–water partition coefficient (Wildman–Crippen LogP) is 4.57. The Morgan fingerprint density at radius 1 is 1.44 bits per heavy atom. The lowest BCUT2D eigenvalue weighted by atomic mass is 10.1. The second kappa shape index (κ2) is 11.9. The second-order valence-electron chi connectivity index (χ2n) is 7.50. The van der Waals surface area contributed by atoms with Crippen molar-refractivity contribution in [1.29, 1.82) is 5.26 Å². The van der Waals surface area contributed by atoms with Crippen molar-refractivity contribution in [1.82, 2.24) is 20.4 Å². The minimum Gasteiger partial charge on any atom is -0.495 e. The Labute approximate surface area is 197 Å². The Morgan fingerprint density at radius 2 is 2.15 bits per heavy atom. The highest BCUT2D eigenvalue weighted by molar-refractivity contribution is 5.93. The molecule has 0 aromatic carbocycles. The molecule has 0 saturated heterocycles. The van der Waals surface area contributed by atoms with Gasteiger partial charge in [-0.25, -0.2) is 10.4 Å². The number of aliphatic imine (C=N–C) groups is 1. The number of nitrogens with zero attached hydrogens (tertiary/aromatic N) is 4. The lowest BCUT2D eigenvalue weighted by Crippen LogP contribution is -2.39. The summed E-state index contributed by atoms with van der Waals surface area (Å²) >= 11 is 0. The Balaban J connectivity index is 0.00000199. The van der Waals surface area contributed by atoms with Crippen molar-refractivity contribution in [2.24, 2.45) is 10.9 Å².